The number of halogens is 2. The van der Waals surface area contributed by atoms with E-state index in [1.165, 1.54) is 0 Å². The average Bonchev–Trinajstić information content (AvgIpc) is 2.58. The molecule has 0 saturated carbocycles. The van der Waals surface area contributed by atoms with Crippen molar-refractivity contribution in [3.8, 4) is 0 Å². The Bertz CT molecular complexity index is 590. The van der Waals surface area contributed by atoms with E-state index < -0.39 is 0 Å². The Labute approximate surface area is 114 Å². The zero-order valence-corrected chi connectivity index (χ0v) is 11.3. The van der Waals surface area contributed by atoms with Gasteiger partial charge in [-0.2, -0.15) is 5.10 Å². The summed E-state index contributed by atoms with van der Waals surface area (Å²) in [6, 6.07) is 5.38. The van der Waals surface area contributed by atoms with Gasteiger partial charge in [-0.3, -0.25) is 5.10 Å². The van der Waals surface area contributed by atoms with Gasteiger partial charge in [0, 0.05) is 10.0 Å². The van der Waals surface area contributed by atoms with Crippen LogP contribution in [0.25, 0.3) is 0 Å². The Morgan fingerprint density at radius 3 is 2.82 bits per heavy atom. The summed E-state index contributed by atoms with van der Waals surface area (Å²) < 4.78 is 2.22. The third-order valence-electron chi connectivity index (χ3n) is 2.28. The van der Waals surface area contributed by atoms with Crippen molar-refractivity contribution in [1.29, 1.82) is 0 Å². The predicted molar refractivity (Wildman–Crippen MR) is 71.7 cm³/mol. The molecule has 2 N–H and O–H groups in total. The molecule has 0 unspecified atom stereocenters. The number of H-pyrrole nitrogens is 1. The van der Waals surface area contributed by atoms with E-state index in [4.69, 9.17) is 35.4 Å². The zero-order valence-electron chi connectivity index (χ0n) is 9.00. The van der Waals surface area contributed by atoms with Gasteiger partial charge < -0.3 is 5.43 Å². The van der Waals surface area contributed by atoms with Gasteiger partial charge >= 0.3 is 0 Å². The van der Waals surface area contributed by atoms with Crippen LogP contribution in [-0.2, 0) is 6.54 Å². The smallest absolute Gasteiger partial charge is 0.214 e. The van der Waals surface area contributed by atoms with Crippen LogP contribution in [0.1, 0.15) is 11.4 Å². The first kappa shape index (κ1) is 12.4. The molecular weight excluding hydrogens is 279 g/mol. The molecule has 1 aromatic heterocycles. The first-order chi connectivity index (χ1) is 8.08. The van der Waals surface area contributed by atoms with Gasteiger partial charge in [0.15, 0.2) is 0 Å². The second kappa shape index (κ2) is 5.08. The van der Waals surface area contributed by atoms with Crippen molar-refractivity contribution in [2.24, 2.45) is 0 Å². The molecular formula is C10H10Cl2N4S. The Hall–Kier alpha value is -1.04. The van der Waals surface area contributed by atoms with Gasteiger partial charge in [0.2, 0.25) is 4.77 Å². The Morgan fingerprint density at radius 2 is 2.24 bits per heavy atom. The van der Waals surface area contributed by atoms with Gasteiger partial charge in [0.1, 0.15) is 5.82 Å². The molecule has 0 bridgehead atoms. The molecule has 1 heterocycles. The normalized spacial score (nSPS) is 10.5. The molecule has 90 valence electrons. The second-order valence-corrected chi connectivity index (χ2v) is 4.71. The van der Waals surface area contributed by atoms with Crippen LogP contribution in [-0.4, -0.2) is 14.9 Å². The lowest BCUT2D eigenvalue weighted by Gasteiger charge is -2.09. The molecule has 7 heteroatoms. The molecule has 17 heavy (non-hydrogen) atoms. The van der Waals surface area contributed by atoms with E-state index in [2.05, 4.69) is 15.6 Å². The molecule has 0 radical (unpaired) electrons. The van der Waals surface area contributed by atoms with Crippen molar-refractivity contribution in [2.45, 2.75) is 13.5 Å². The average molecular weight is 289 g/mol. The number of hydrogen-bond donors (Lipinski definition) is 2. The van der Waals surface area contributed by atoms with E-state index in [0.29, 0.717) is 21.4 Å². The third kappa shape index (κ3) is 2.80. The standard InChI is InChI=1S/C10H10Cl2N4S/c1-6-14-15-10(17)16(6)13-5-7-2-3-8(11)4-9(7)12/h2-4,13H,5H2,1H3,(H,15,17). The molecule has 0 spiro atoms. The minimum absolute atomic E-state index is 0.521. The van der Waals surface area contributed by atoms with E-state index >= 15 is 0 Å². The molecule has 0 amide bonds. The topological polar surface area (TPSA) is 45.6 Å². The summed E-state index contributed by atoms with van der Waals surface area (Å²) in [6.07, 6.45) is 0. The maximum Gasteiger partial charge on any atom is 0.214 e. The molecule has 0 saturated heterocycles. The van der Waals surface area contributed by atoms with Crippen LogP contribution in [0.3, 0.4) is 0 Å². The fraction of sp³-hybridized carbons (Fsp3) is 0.200. The predicted octanol–water partition coefficient (Wildman–Crippen LogP) is 3.30. The Balaban J connectivity index is 2.15. The second-order valence-electron chi connectivity index (χ2n) is 3.48. The quantitative estimate of drug-likeness (QED) is 0.852. The van der Waals surface area contributed by atoms with Crippen molar-refractivity contribution in [3.63, 3.8) is 0 Å². The van der Waals surface area contributed by atoms with E-state index in [0.717, 1.165) is 11.4 Å². The SMILES string of the molecule is Cc1n[nH]c(=S)n1NCc1ccc(Cl)cc1Cl. The monoisotopic (exact) mass is 288 g/mol. The number of hydrogen-bond acceptors (Lipinski definition) is 3. The summed E-state index contributed by atoms with van der Waals surface area (Å²) in [4.78, 5) is 0. The molecule has 0 aliphatic heterocycles. The van der Waals surface area contributed by atoms with Crippen LogP contribution < -0.4 is 5.43 Å². The summed E-state index contributed by atoms with van der Waals surface area (Å²) in [5.74, 6) is 0.764. The summed E-state index contributed by atoms with van der Waals surface area (Å²) in [6.45, 7) is 2.40. The molecule has 2 aromatic rings. The van der Waals surface area contributed by atoms with E-state index in [1.807, 2.05) is 13.0 Å². The van der Waals surface area contributed by atoms with Crippen LogP contribution in [0, 0.1) is 11.7 Å². The molecule has 0 atom stereocenters. The highest BCUT2D eigenvalue weighted by Gasteiger charge is 2.03. The third-order valence-corrected chi connectivity index (χ3v) is 3.14. The summed E-state index contributed by atoms with van der Waals surface area (Å²) >= 11 is 17.0. The zero-order chi connectivity index (χ0) is 12.4. The first-order valence-electron chi connectivity index (χ1n) is 4.90. The van der Waals surface area contributed by atoms with E-state index in [1.54, 1.807) is 16.8 Å². The molecule has 0 aliphatic carbocycles. The molecule has 0 fully saturated rings. The van der Waals surface area contributed by atoms with E-state index in [-0.39, 0.29) is 0 Å². The highest BCUT2D eigenvalue weighted by molar-refractivity contribution is 7.71. The molecule has 0 aliphatic rings. The first-order valence-corrected chi connectivity index (χ1v) is 6.06. The fourth-order valence-corrected chi connectivity index (χ4v) is 2.11. The van der Waals surface area contributed by atoms with Crippen LogP contribution in [0.4, 0.5) is 0 Å². The largest absolute Gasteiger partial charge is 0.318 e. The number of benzene rings is 1. The number of aromatic amines is 1. The lowest BCUT2D eigenvalue weighted by molar-refractivity contribution is 0.794. The Kier molecular flexibility index (Phi) is 3.71. The lowest BCUT2D eigenvalue weighted by Crippen LogP contribution is -2.16. The van der Waals surface area contributed by atoms with Crippen LogP contribution in [0.2, 0.25) is 10.0 Å². The number of rotatable bonds is 3. The molecule has 4 nitrogen and oxygen atoms in total. The number of aromatic nitrogens is 3. The molecule has 1 aromatic carbocycles. The van der Waals surface area contributed by atoms with Crippen LogP contribution in [0.5, 0.6) is 0 Å². The highest BCUT2D eigenvalue weighted by Crippen LogP contribution is 2.20. The molecule has 2 rings (SSSR count). The highest BCUT2D eigenvalue weighted by atomic mass is 35.5. The van der Waals surface area contributed by atoms with Gasteiger partial charge in [-0.25, -0.2) is 4.68 Å². The van der Waals surface area contributed by atoms with E-state index in [9.17, 15) is 0 Å². The van der Waals surface area contributed by atoms with Crippen molar-refractivity contribution >= 4 is 35.4 Å². The number of nitrogens with one attached hydrogen (secondary N) is 2. The number of nitrogens with zero attached hydrogens (tertiary/aromatic N) is 2. The number of aryl methyl sites for hydroxylation is 1. The van der Waals surface area contributed by atoms with Crippen molar-refractivity contribution in [1.82, 2.24) is 14.9 Å². The fourth-order valence-electron chi connectivity index (χ4n) is 1.39. The van der Waals surface area contributed by atoms with Crippen molar-refractivity contribution in [3.05, 3.63) is 44.4 Å². The van der Waals surface area contributed by atoms with Gasteiger partial charge in [0.05, 0.1) is 6.54 Å². The van der Waals surface area contributed by atoms with Crippen molar-refractivity contribution < 1.29 is 0 Å². The van der Waals surface area contributed by atoms with Gasteiger partial charge in [-0.15, -0.1) is 0 Å². The Morgan fingerprint density at radius 1 is 1.47 bits per heavy atom. The van der Waals surface area contributed by atoms with Crippen molar-refractivity contribution in [2.75, 3.05) is 5.43 Å². The summed E-state index contributed by atoms with van der Waals surface area (Å²) in [5.41, 5.74) is 4.07. The maximum absolute atomic E-state index is 6.07. The minimum atomic E-state index is 0.521. The van der Waals surface area contributed by atoms with Gasteiger partial charge in [-0.05, 0) is 36.8 Å². The van der Waals surface area contributed by atoms with Crippen LogP contribution in [0.15, 0.2) is 18.2 Å². The maximum atomic E-state index is 6.07. The van der Waals surface area contributed by atoms with Gasteiger partial charge in [0.25, 0.3) is 0 Å². The minimum Gasteiger partial charge on any atom is -0.318 e. The lowest BCUT2D eigenvalue weighted by atomic mass is 10.2. The summed E-state index contributed by atoms with van der Waals surface area (Å²) in [7, 11) is 0. The van der Waals surface area contributed by atoms with Gasteiger partial charge in [-0.1, -0.05) is 29.3 Å². The summed E-state index contributed by atoms with van der Waals surface area (Å²) in [5, 5.41) is 7.93. The van der Waals surface area contributed by atoms with Crippen LogP contribution >= 0.6 is 35.4 Å².